The van der Waals surface area contributed by atoms with Gasteiger partial charge in [-0.25, -0.2) is 4.98 Å². The minimum absolute atomic E-state index is 0.0714. The number of carbonyl (C=O) groups excluding carboxylic acids is 1. The Morgan fingerprint density at radius 3 is 2.23 bits per heavy atom. The number of nitriles is 1. The highest BCUT2D eigenvalue weighted by Crippen LogP contribution is 2.37. The van der Waals surface area contributed by atoms with Crippen molar-refractivity contribution in [2.45, 2.75) is 70.8 Å². The number of halogens is 6. The summed E-state index contributed by atoms with van der Waals surface area (Å²) in [6.45, 7) is 4.39. The summed E-state index contributed by atoms with van der Waals surface area (Å²) in [6, 6.07) is 14.2. The van der Waals surface area contributed by atoms with E-state index in [0.717, 1.165) is 55.4 Å². The molecule has 6 nitrogen and oxygen atoms in total. The summed E-state index contributed by atoms with van der Waals surface area (Å²) in [5, 5.41) is 15.2. The molecule has 4 aromatic rings. The molecule has 12 heteroatoms. The summed E-state index contributed by atoms with van der Waals surface area (Å²) >= 11 is 0. The second kappa shape index (κ2) is 14.2. The Kier molecular flexibility index (Phi) is 10.3. The predicted molar refractivity (Wildman–Crippen MR) is 169 cm³/mol. The molecule has 3 aromatic carbocycles. The fraction of sp³-hybridized carbons (Fsp3) is 0.361. The molecule has 0 bridgehead atoms. The van der Waals surface area contributed by atoms with Crippen molar-refractivity contribution in [3.63, 3.8) is 0 Å². The molecule has 0 aliphatic heterocycles. The van der Waals surface area contributed by atoms with Crippen LogP contribution in [0.2, 0.25) is 0 Å². The molecule has 1 fully saturated rings. The number of nitrogens with zero attached hydrogens (tertiary/aromatic N) is 2. The fourth-order valence-electron chi connectivity index (χ4n) is 5.83. The van der Waals surface area contributed by atoms with Gasteiger partial charge in [-0.2, -0.15) is 31.6 Å². The zero-order valence-corrected chi connectivity index (χ0v) is 26.4. The first-order valence-corrected chi connectivity index (χ1v) is 15.6. The summed E-state index contributed by atoms with van der Waals surface area (Å²) in [6.07, 6.45) is -4.01. The van der Waals surface area contributed by atoms with Gasteiger partial charge in [0.15, 0.2) is 5.58 Å². The highest BCUT2D eigenvalue weighted by atomic mass is 19.4. The molecule has 1 aromatic heterocycles. The van der Waals surface area contributed by atoms with Crippen LogP contribution in [0.3, 0.4) is 0 Å². The van der Waals surface area contributed by atoms with Gasteiger partial charge in [0.2, 0.25) is 5.89 Å². The first kappa shape index (κ1) is 34.7. The number of amides is 1. The molecule has 0 spiro atoms. The molecule has 48 heavy (non-hydrogen) atoms. The Morgan fingerprint density at radius 2 is 1.65 bits per heavy atom. The normalized spacial score (nSPS) is 15.5. The van der Waals surface area contributed by atoms with Crippen LogP contribution in [0.5, 0.6) is 0 Å². The average molecular weight is 669 g/mol. The third kappa shape index (κ3) is 8.44. The highest BCUT2D eigenvalue weighted by molar-refractivity contribution is 5.95. The number of benzene rings is 3. The Hall–Kier alpha value is -4.63. The molecular formula is C36H34F6N4O2. The summed E-state index contributed by atoms with van der Waals surface area (Å²) in [5.41, 5.74) is 2.20. The molecule has 1 aliphatic carbocycles. The van der Waals surface area contributed by atoms with E-state index < -0.39 is 23.5 Å². The zero-order valence-electron chi connectivity index (χ0n) is 26.4. The Labute approximate surface area is 273 Å². The van der Waals surface area contributed by atoms with E-state index in [2.05, 4.69) is 21.7 Å². The van der Waals surface area contributed by atoms with Gasteiger partial charge in [0.25, 0.3) is 5.91 Å². The molecular weight excluding hydrogens is 634 g/mol. The van der Waals surface area contributed by atoms with Gasteiger partial charge in [-0.1, -0.05) is 19.4 Å². The van der Waals surface area contributed by atoms with E-state index in [4.69, 9.17) is 4.42 Å². The molecule has 5 rings (SSSR count). The molecule has 0 atom stereocenters. The number of fused-ring (bicyclic) bond motifs is 1. The standard InChI is InChI=1S/C36H34F6N4O2/c1-21(2)30-15-24(18-43)16-31-32(30)48-34(46-31)27-9-7-26(8-10-27)33(47)45-20-23-5-3-22(4-6-23)11-12-44-19-25-13-28(35(37,38)39)17-29(14-25)36(40,41)42/h7-10,13-17,20-22,44H,3-6,11-12,19H2,1-2H3,(H,45,47). The maximum absolute atomic E-state index is 13.1. The largest absolute Gasteiger partial charge is 0.436 e. The van der Waals surface area contributed by atoms with Crippen LogP contribution in [0.15, 0.2) is 70.8 Å². The fourth-order valence-corrected chi connectivity index (χ4v) is 5.83. The molecule has 0 unspecified atom stereocenters. The van der Waals surface area contributed by atoms with E-state index in [9.17, 15) is 36.4 Å². The van der Waals surface area contributed by atoms with Crippen LogP contribution in [0, 0.1) is 17.2 Å². The van der Waals surface area contributed by atoms with Crippen molar-refractivity contribution in [2.24, 2.45) is 5.92 Å². The van der Waals surface area contributed by atoms with Crippen molar-refractivity contribution in [3.8, 4) is 17.5 Å². The van der Waals surface area contributed by atoms with Crippen molar-refractivity contribution >= 4 is 17.0 Å². The second-order valence-corrected chi connectivity index (χ2v) is 12.4. The maximum atomic E-state index is 13.1. The van der Waals surface area contributed by atoms with E-state index in [1.54, 1.807) is 36.5 Å². The number of hydrogen-bond donors (Lipinski definition) is 2. The van der Waals surface area contributed by atoms with E-state index >= 15 is 0 Å². The van der Waals surface area contributed by atoms with Crippen LogP contribution in [0.1, 0.15) is 90.0 Å². The van der Waals surface area contributed by atoms with Gasteiger partial charge in [-0.05, 0) is 111 Å². The number of allylic oxidation sites excluding steroid dienone is 1. The molecule has 2 N–H and O–H groups in total. The minimum Gasteiger partial charge on any atom is -0.436 e. The summed E-state index contributed by atoms with van der Waals surface area (Å²) in [7, 11) is 0. The van der Waals surface area contributed by atoms with Crippen molar-refractivity contribution in [3.05, 3.63) is 99.8 Å². The average Bonchev–Trinajstić information content (AvgIpc) is 3.49. The summed E-state index contributed by atoms with van der Waals surface area (Å²) in [5.74, 6) is 0.623. The van der Waals surface area contributed by atoms with Gasteiger partial charge < -0.3 is 15.1 Å². The van der Waals surface area contributed by atoms with Crippen molar-refractivity contribution < 1.29 is 35.6 Å². The Bertz CT molecular complexity index is 1810. The molecule has 1 saturated carbocycles. The highest BCUT2D eigenvalue weighted by Gasteiger charge is 2.36. The van der Waals surface area contributed by atoms with Gasteiger partial charge in [0.05, 0.1) is 22.8 Å². The van der Waals surface area contributed by atoms with Gasteiger partial charge in [0, 0.05) is 29.4 Å². The molecule has 252 valence electrons. The lowest BCUT2D eigenvalue weighted by atomic mass is 9.84. The number of aromatic nitrogens is 1. The minimum atomic E-state index is -4.87. The van der Waals surface area contributed by atoms with Crippen LogP contribution in [-0.2, 0) is 18.9 Å². The van der Waals surface area contributed by atoms with Crippen molar-refractivity contribution in [2.75, 3.05) is 6.54 Å². The lowest BCUT2D eigenvalue weighted by Gasteiger charge is -2.24. The van der Waals surface area contributed by atoms with E-state index in [-0.39, 0.29) is 30.0 Å². The summed E-state index contributed by atoms with van der Waals surface area (Å²) in [4.78, 5) is 17.4. The van der Waals surface area contributed by atoms with Crippen LogP contribution in [0.4, 0.5) is 26.3 Å². The third-order valence-corrected chi connectivity index (χ3v) is 8.52. The molecule has 0 saturated heterocycles. The molecule has 1 heterocycles. The van der Waals surface area contributed by atoms with E-state index in [1.807, 2.05) is 19.9 Å². The number of hydrogen-bond acceptors (Lipinski definition) is 5. The number of nitrogens with one attached hydrogen (secondary N) is 2. The predicted octanol–water partition coefficient (Wildman–Crippen LogP) is 9.51. The van der Waals surface area contributed by atoms with Crippen LogP contribution >= 0.6 is 0 Å². The quantitative estimate of drug-likeness (QED) is 0.137. The molecule has 1 amide bonds. The van der Waals surface area contributed by atoms with E-state index in [1.165, 1.54) is 0 Å². The van der Waals surface area contributed by atoms with Gasteiger partial charge >= 0.3 is 12.4 Å². The van der Waals surface area contributed by atoms with Crippen LogP contribution in [0.25, 0.3) is 22.6 Å². The van der Waals surface area contributed by atoms with Gasteiger partial charge in [-0.3, -0.25) is 4.79 Å². The van der Waals surface area contributed by atoms with E-state index in [0.29, 0.717) is 46.1 Å². The van der Waals surface area contributed by atoms with Crippen LogP contribution < -0.4 is 10.6 Å². The number of rotatable bonds is 9. The topological polar surface area (TPSA) is 91.0 Å². The van der Waals surface area contributed by atoms with Crippen molar-refractivity contribution in [1.82, 2.24) is 15.6 Å². The molecule has 0 radical (unpaired) electrons. The third-order valence-electron chi connectivity index (χ3n) is 8.52. The smallest absolute Gasteiger partial charge is 0.416 e. The lowest BCUT2D eigenvalue weighted by molar-refractivity contribution is -0.143. The van der Waals surface area contributed by atoms with Crippen LogP contribution in [-0.4, -0.2) is 17.4 Å². The lowest BCUT2D eigenvalue weighted by Crippen LogP contribution is -2.21. The molecule has 1 aliphatic rings. The Balaban J connectivity index is 1.09. The number of alkyl halides is 6. The first-order valence-electron chi connectivity index (χ1n) is 15.6. The zero-order chi connectivity index (χ0) is 34.6. The van der Waals surface area contributed by atoms with Gasteiger partial charge in [0.1, 0.15) is 5.52 Å². The summed E-state index contributed by atoms with van der Waals surface area (Å²) < 4.78 is 84.7. The van der Waals surface area contributed by atoms with Crippen molar-refractivity contribution in [1.29, 1.82) is 5.26 Å². The number of oxazole rings is 1. The Morgan fingerprint density at radius 1 is 1.00 bits per heavy atom. The monoisotopic (exact) mass is 668 g/mol. The number of carbonyl (C=O) groups is 1. The SMILES string of the molecule is CC(C)c1cc(C#N)cc2nc(-c3ccc(C(=O)NC=C4CCC(CCNCc5cc(C(F)(F)F)cc(C(F)(F)F)c5)CC4)cc3)oc12. The maximum Gasteiger partial charge on any atom is 0.416 e. The second-order valence-electron chi connectivity index (χ2n) is 12.4. The first-order chi connectivity index (χ1) is 22.7. The van der Waals surface area contributed by atoms with Gasteiger partial charge in [-0.15, -0.1) is 0 Å².